The molecule has 0 aromatic heterocycles. The summed E-state index contributed by atoms with van der Waals surface area (Å²) in [4.78, 5) is 13.6. The molecule has 0 unspecified atom stereocenters. The Morgan fingerprint density at radius 3 is 1.80 bits per heavy atom. The average Bonchev–Trinajstić information content (AvgIpc) is 3.06. The van der Waals surface area contributed by atoms with Crippen LogP contribution in [0.2, 0.25) is 10.4 Å². The SMILES string of the molecule is CO[C@@H]1[C@@H](OC(=O)c2ccccc2)[C@@H](CO[Si](c2ccccc2)(c2ccccc2)C(C)(C)C)O[C@H](C[Se]c2ccccc2)C1(C)C. The second-order valence-electron chi connectivity index (χ2n) is 13.5. The van der Waals surface area contributed by atoms with Gasteiger partial charge in [0.1, 0.15) is 0 Å². The van der Waals surface area contributed by atoms with Gasteiger partial charge in [-0.2, -0.15) is 0 Å². The fourth-order valence-corrected chi connectivity index (χ4v) is 13.7. The predicted octanol–water partition coefficient (Wildman–Crippen LogP) is 6.05. The van der Waals surface area contributed by atoms with Crippen LogP contribution in [-0.2, 0) is 18.6 Å². The topological polar surface area (TPSA) is 54.0 Å². The van der Waals surface area contributed by atoms with Crippen LogP contribution < -0.4 is 14.8 Å². The van der Waals surface area contributed by atoms with E-state index in [-0.39, 0.29) is 32.7 Å². The zero-order chi connectivity index (χ0) is 32.8. The van der Waals surface area contributed by atoms with Crippen molar-refractivity contribution in [1.29, 1.82) is 0 Å². The van der Waals surface area contributed by atoms with Gasteiger partial charge in [-0.3, -0.25) is 0 Å². The Kier molecular flexibility index (Phi) is 11.0. The van der Waals surface area contributed by atoms with Crippen LogP contribution in [0.3, 0.4) is 0 Å². The molecule has 1 saturated heterocycles. The second kappa shape index (κ2) is 14.8. The Hall–Kier alpha value is -3.03. The van der Waals surface area contributed by atoms with E-state index in [0.717, 1.165) is 5.32 Å². The van der Waals surface area contributed by atoms with E-state index >= 15 is 0 Å². The van der Waals surface area contributed by atoms with Gasteiger partial charge in [0.25, 0.3) is 0 Å². The molecule has 0 saturated carbocycles. The van der Waals surface area contributed by atoms with Crippen LogP contribution in [0.25, 0.3) is 0 Å². The van der Waals surface area contributed by atoms with Gasteiger partial charge in [-0.1, -0.05) is 0 Å². The van der Waals surface area contributed by atoms with E-state index in [1.165, 1.54) is 14.8 Å². The summed E-state index contributed by atoms with van der Waals surface area (Å²) < 4.78 is 28.3. The minimum absolute atomic E-state index is 0.128. The van der Waals surface area contributed by atoms with Crippen LogP contribution >= 0.6 is 0 Å². The van der Waals surface area contributed by atoms with Crippen molar-refractivity contribution < 1.29 is 23.4 Å². The summed E-state index contributed by atoms with van der Waals surface area (Å²) >= 11 is 0.193. The molecule has 7 heteroatoms. The maximum absolute atomic E-state index is 13.6. The first-order valence-electron chi connectivity index (χ1n) is 15.9. The second-order valence-corrected chi connectivity index (χ2v) is 20.1. The predicted molar refractivity (Wildman–Crippen MR) is 189 cm³/mol. The van der Waals surface area contributed by atoms with E-state index in [4.69, 9.17) is 18.6 Å². The normalized spacial score (nSPS) is 21.4. The van der Waals surface area contributed by atoms with Gasteiger partial charge in [0.15, 0.2) is 0 Å². The van der Waals surface area contributed by atoms with Crippen molar-refractivity contribution in [3.8, 4) is 0 Å². The quantitative estimate of drug-likeness (QED) is 0.141. The molecule has 1 fully saturated rings. The van der Waals surface area contributed by atoms with Crippen LogP contribution in [0.15, 0.2) is 121 Å². The van der Waals surface area contributed by atoms with Crippen molar-refractivity contribution >= 4 is 44.1 Å². The van der Waals surface area contributed by atoms with Gasteiger partial charge >= 0.3 is 283 Å². The monoisotopic (exact) mass is 702 g/mol. The molecule has 0 radical (unpaired) electrons. The first-order chi connectivity index (χ1) is 22.1. The van der Waals surface area contributed by atoms with Crippen LogP contribution in [-0.4, -0.2) is 67.4 Å². The molecule has 4 atom stereocenters. The summed E-state index contributed by atoms with van der Waals surface area (Å²) in [6, 6.07) is 40.9. The van der Waals surface area contributed by atoms with Gasteiger partial charge in [0.2, 0.25) is 0 Å². The number of methoxy groups -OCH3 is 1. The standard InChI is InChI=1S/C39H46O5SeSi/c1-38(2,3)46(31-23-15-9-16-24-31,32-25-17-10-18-26-32)42-27-33-35(44-37(40)29-19-11-7-12-20-29)36(41-6)39(4,5)34(43-33)28-45-30-21-13-8-14-22-30/h7-26,33-36H,27-28H2,1-6H3/t33-,34-,35+,36-/m1/s1. The fraction of sp³-hybridized carbons (Fsp3) is 0.359. The van der Waals surface area contributed by atoms with Crippen molar-refractivity contribution in [3.05, 3.63) is 127 Å². The van der Waals surface area contributed by atoms with Crippen LogP contribution in [0, 0.1) is 5.41 Å². The molecular formula is C39H46O5SeSi. The number of rotatable bonds is 11. The number of hydrogen-bond donors (Lipinski definition) is 0. The molecule has 4 aromatic carbocycles. The number of benzene rings is 4. The molecule has 5 nitrogen and oxygen atoms in total. The van der Waals surface area contributed by atoms with Crippen molar-refractivity contribution in [3.63, 3.8) is 0 Å². The number of esters is 1. The molecule has 46 heavy (non-hydrogen) atoms. The first-order valence-corrected chi connectivity index (χ1v) is 19.9. The summed E-state index contributed by atoms with van der Waals surface area (Å²) in [5.74, 6) is -0.394. The van der Waals surface area contributed by atoms with Crippen molar-refractivity contribution in [2.45, 2.75) is 69.4 Å². The molecule has 0 bridgehead atoms. The summed E-state index contributed by atoms with van der Waals surface area (Å²) in [5.41, 5.74) is 0.0669. The van der Waals surface area contributed by atoms with Gasteiger partial charge in [-0.25, -0.2) is 0 Å². The first kappa shape index (κ1) is 34.3. The molecule has 5 rings (SSSR count). The summed E-state index contributed by atoms with van der Waals surface area (Å²) in [7, 11) is -1.18. The number of carbonyl (C=O) groups is 1. The number of hydrogen-bond acceptors (Lipinski definition) is 5. The van der Waals surface area contributed by atoms with E-state index < -0.39 is 38.0 Å². The van der Waals surface area contributed by atoms with Crippen molar-refractivity contribution in [2.24, 2.45) is 5.41 Å². The summed E-state index contributed by atoms with van der Waals surface area (Å²) in [6.45, 7) is 11.4. The Labute approximate surface area is 281 Å². The van der Waals surface area contributed by atoms with Gasteiger partial charge in [-0.05, 0) is 0 Å². The van der Waals surface area contributed by atoms with Crippen molar-refractivity contribution in [2.75, 3.05) is 13.7 Å². The van der Waals surface area contributed by atoms with E-state index in [0.29, 0.717) is 5.56 Å². The molecule has 0 aliphatic carbocycles. The zero-order valence-electron chi connectivity index (χ0n) is 27.7. The van der Waals surface area contributed by atoms with Gasteiger partial charge in [0.05, 0.1) is 0 Å². The van der Waals surface area contributed by atoms with E-state index in [2.05, 4.69) is 107 Å². The van der Waals surface area contributed by atoms with Gasteiger partial charge in [0, 0.05) is 0 Å². The van der Waals surface area contributed by atoms with Crippen LogP contribution in [0.5, 0.6) is 0 Å². The zero-order valence-corrected chi connectivity index (χ0v) is 30.4. The fourth-order valence-electron chi connectivity index (χ4n) is 6.65. The average molecular weight is 702 g/mol. The van der Waals surface area contributed by atoms with Gasteiger partial charge in [-0.15, -0.1) is 0 Å². The molecule has 1 aliphatic rings. The van der Waals surface area contributed by atoms with Crippen LogP contribution in [0.1, 0.15) is 45.0 Å². The summed E-state index contributed by atoms with van der Waals surface area (Å²) in [5, 5.41) is 3.03. The molecule has 0 spiro atoms. The third kappa shape index (κ3) is 7.26. The third-order valence-electron chi connectivity index (χ3n) is 9.10. The van der Waals surface area contributed by atoms with E-state index in [9.17, 15) is 4.79 Å². The number of carbonyl (C=O) groups excluding carboxylic acids is 1. The maximum atomic E-state index is 13.6. The Morgan fingerprint density at radius 1 is 0.804 bits per heavy atom. The minimum atomic E-state index is -2.89. The van der Waals surface area contributed by atoms with Gasteiger partial charge < -0.3 is 0 Å². The Balaban J connectivity index is 1.53. The molecular weight excluding hydrogens is 655 g/mol. The number of ether oxygens (including phenoxy) is 3. The molecule has 4 aromatic rings. The van der Waals surface area contributed by atoms with E-state index in [1.54, 1.807) is 19.2 Å². The van der Waals surface area contributed by atoms with Crippen molar-refractivity contribution in [1.82, 2.24) is 0 Å². The van der Waals surface area contributed by atoms with Crippen LogP contribution in [0.4, 0.5) is 0 Å². The Morgan fingerprint density at radius 2 is 1.30 bits per heavy atom. The molecule has 0 N–H and O–H groups in total. The third-order valence-corrected chi connectivity index (χ3v) is 16.4. The van der Waals surface area contributed by atoms with E-state index in [1.807, 2.05) is 36.4 Å². The molecule has 1 heterocycles. The molecule has 0 amide bonds. The molecule has 242 valence electrons. The summed E-state index contributed by atoms with van der Waals surface area (Å²) in [6.07, 6.45) is -1.74. The molecule has 1 aliphatic heterocycles. The Bertz CT molecular complexity index is 1490.